The van der Waals surface area contributed by atoms with Crippen LogP contribution in [0, 0.1) is 0 Å². The van der Waals surface area contributed by atoms with Gasteiger partial charge in [-0.05, 0) is 55.9 Å². The van der Waals surface area contributed by atoms with Gasteiger partial charge in [0.05, 0.1) is 0 Å². The Kier molecular flexibility index (Phi) is 7.22. The van der Waals surface area contributed by atoms with Crippen LogP contribution in [0.5, 0.6) is 0 Å². The van der Waals surface area contributed by atoms with Crippen molar-refractivity contribution in [1.29, 1.82) is 0 Å². The van der Waals surface area contributed by atoms with Gasteiger partial charge >= 0.3 is 0 Å². The molecule has 1 aromatic carbocycles. The van der Waals surface area contributed by atoms with E-state index in [9.17, 15) is 14.4 Å². The number of hydrazine groups is 1. The number of carbonyl (C=O) groups is 2. The maximum Gasteiger partial charge on any atom is 0.275 e. The number of pyridine rings is 1. The third-order valence-electron chi connectivity index (χ3n) is 5.41. The average Bonchev–Trinajstić information content (AvgIpc) is 2.72. The average molecular weight is 396 g/mol. The maximum atomic E-state index is 13.1. The predicted molar refractivity (Wildman–Crippen MR) is 113 cm³/mol. The first-order valence-electron chi connectivity index (χ1n) is 10.5. The van der Waals surface area contributed by atoms with Gasteiger partial charge in [0.15, 0.2) is 0 Å². The normalized spacial score (nSPS) is 13.7. The summed E-state index contributed by atoms with van der Waals surface area (Å²) in [6, 6.07) is 10.4. The van der Waals surface area contributed by atoms with Crippen molar-refractivity contribution >= 4 is 11.8 Å². The van der Waals surface area contributed by atoms with Crippen LogP contribution in [0.15, 0.2) is 41.2 Å². The topological polar surface area (TPSA) is 80.2 Å². The van der Waals surface area contributed by atoms with E-state index in [1.54, 1.807) is 34.9 Å². The van der Waals surface area contributed by atoms with Crippen LogP contribution >= 0.6 is 0 Å². The van der Waals surface area contributed by atoms with E-state index in [0.717, 1.165) is 49.8 Å². The first kappa shape index (κ1) is 20.8. The lowest BCUT2D eigenvalue weighted by molar-refractivity contribution is 0.0845. The van der Waals surface area contributed by atoms with E-state index >= 15 is 0 Å². The number of hydrogen-bond donors (Lipinski definition) is 2. The number of benzene rings is 1. The zero-order valence-electron chi connectivity index (χ0n) is 17.0. The Morgan fingerprint density at radius 2 is 1.66 bits per heavy atom. The molecule has 1 aromatic heterocycles. The summed E-state index contributed by atoms with van der Waals surface area (Å²) in [6.45, 7) is 2.71. The summed E-state index contributed by atoms with van der Waals surface area (Å²) in [6.07, 6.45) is 8.09. The van der Waals surface area contributed by atoms with E-state index in [4.69, 9.17) is 0 Å². The molecule has 2 N–H and O–H groups in total. The van der Waals surface area contributed by atoms with E-state index in [1.807, 2.05) is 6.07 Å². The number of amides is 2. The second-order valence-electron chi connectivity index (χ2n) is 7.53. The van der Waals surface area contributed by atoms with Crippen molar-refractivity contribution in [1.82, 2.24) is 15.4 Å². The number of hydrogen-bond acceptors (Lipinski definition) is 3. The summed E-state index contributed by atoms with van der Waals surface area (Å²) in [7, 11) is 0. The Labute approximate surface area is 171 Å². The van der Waals surface area contributed by atoms with E-state index in [-0.39, 0.29) is 11.1 Å². The summed E-state index contributed by atoms with van der Waals surface area (Å²) in [5, 5.41) is 0. The first-order valence-corrected chi connectivity index (χ1v) is 10.5. The summed E-state index contributed by atoms with van der Waals surface area (Å²) in [5.41, 5.74) is 7.22. The highest BCUT2D eigenvalue weighted by Gasteiger charge is 2.20. The Morgan fingerprint density at radius 3 is 2.38 bits per heavy atom. The van der Waals surface area contributed by atoms with Gasteiger partial charge < -0.3 is 4.57 Å². The van der Waals surface area contributed by atoms with Gasteiger partial charge in [-0.1, -0.05) is 44.4 Å². The molecule has 0 bridgehead atoms. The van der Waals surface area contributed by atoms with Crippen LogP contribution in [0.3, 0.4) is 0 Å². The van der Waals surface area contributed by atoms with Gasteiger partial charge in [0, 0.05) is 17.8 Å². The van der Waals surface area contributed by atoms with Gasteiger partial charge in [0.1, 0.15) is 5.56 Å². The molecule has 0 spiro atoms. The minimum absolute atomic E-state index is 0.0915. The molecule has 0 unspecified atom stereocenters. The van der Waals surface area contributed by atoms with Crippen molar-refractivity contribution in [2.45, 2.75) is 64.8 Å². The molecule has 2 amide bonds. The molecule has 0 radical (unpaired) electrons. The molecule has 1 aliphatic rings. The lowest BCUT2D eigenvalue weighted by atomic mass is 9.95. The molecule has 1 aliphatic carbocycles. The van der Waals surface area contributed by atoms with Crippen molar-refractivity contribution in [2.24, 2.45) is 0 Å². The SMILES string of the molecule is CCCCn1c2c(cc(C(=O)NNC(=O)c3ccccc3)c1=O)CCCCCC2. The highest BCUT2D eigenvalue weighted by Crippen LogP contribution is 2.20. The highest BCUT2D eigenvalue weighted by atomic mass is 16.2. The number of carbonyl (C=O) groups excluding carboxylic acids is 2. The summed E-state index contributed by atoms with van der Waals surface area (Å²) >= 11 is 0. The quantitative estimate of drug-likeness (QED) is 0.762. The Bertz CT molecular complexity index is 919. The number of fused-ring (bicyclic) bond motifs is 1. The molecule has 0 saturated heterocycles. The second-order valence-corrected chi connectivity index (χ2v) is 7.53. The third kappa shape index (κ3) is 5.13. The fourth-order valence-electron chi connectivity index (χ4n) is 3.79. The molecule has 29 heavy (non-hydrogen) atoms. The fourth-order valence-corrected chi connectivity index (χ4v) is 3.79. The number of unbranched alkanes of at least 4 members (excludes halogenated alkanes) is 1. The number of nitrogens with zero attached hydrogens (tertiary/aromatic N) is 1. The molecule has 0 fully saturated rings. The van der Waals surface area contributed by atoms with E-state index in [1.165, 1.54) is 12.8 Å². The van der Waals surface area contributed by atoms with Gasteiger partial charge in [-0.15, -0.1) is 0 Å². The monoisotopic (exact) mass is 395 g/mol. The van der Waals surface area contributed by atoms with Crippen LogP contribution in [0.1, 0.15) is 77.4 Å². The Hall–Kier alpha value is -2.89. The smallest absolute Gasteiger partial charge is 0.275 e. The molecule has 6 nitrogen and oxygen atoms in total. The minimum atomic E-state index is -0.575. The maximum absolute atomic E-state index is 13.1. The van der Waals surface area contributed by atoms with Crippen LogP contribution in [0.4, 0.5) is 0 Å². The Balaban J connectivity index is 1.85. The van der Waals surface area contributed by atoms with Gasteiger partial charge in [-0.2, -0.15) is 0 Å². The first-order chi connectivity index (χ1) is 14.1. The predicted octanol–water partition coefficient (Wildman–Crippen LogP) is 3.38. The van der Waals surface area contributed by atoms with E-state index < -0.39 is 11.8 Å². The molecule has 0 atom stereocenters. The van der Waals surface area contributed by atoms with Crippen molar-refractivity contribution in [3.63, 3.8) is 0 Å². The zero-order valence-corrected chi connectivity index (χ0v) is 17.0. The number of aryl methyl sites for hydroxylation is 1. The number of nitrogens with one attached hydrogen (secondary N) is 2. The standard InChI is InChI=1S/C23H29N3O3/c1-2-3-15-26-20-14-10-5-4-7-13-18(20)16-19(23(26)29)22(28)25-24-21(27)17-11-8-6-9-12-17/h6,8-9,11-12,16H,2-5,7,10,13-15H2,1H3,(H,24,27)(H,25,28). The lowest BCUT2D eigenvalue weighted by Crippen LogP contribution is -2.44. The van der Waals surface area contributed by atoms with Crippen molar-refractivity contribution in [3.8, 4) is 0 Å². The number of rotatable bonds is 5. The van der Waals surface area contributed by atoms with Crippen molar-refractivity contribution in [2.75, 3.05) is 0 Å². The second kappa shape index (κ2) is 10.0. The van der Waals surface area contributed by atoms with E-state index in [0.29, 0.717) is 12.1 Å². The summed E-state index contributed by atoms with van der Waals surface area (Å²) < 4.78 is 1.79. The van der Waals surface area contributed by atoms with Crippen molar-refractivity contribution in [3.05, 3.63) is 69.1 Å². The molecule has 154 valence electrons. The molecular formula is C23H29N3O3. The van der Waals surface area contributed by atoms with E-state index in [2.05, 4.69) is 17.8 Å². The van der Waals surface area contributed by atoms with Crippen LogP contribution < -0.4 is 16.4 Å². The number of aromatic nitrogens is 1. The third-order valence-corrected chi connectivity index (χ3v) is 5.41. The molecule has 3 rings (SSSR count). The molecule has 1 heterocycles. The molecule has 0 saturated carbocycles. The lowest BCUT2D eigenvalue weighted by Gasteiger charge is -2.21. The van der Waals surface area contributed by atoms with Gasteiger partial charge in [0.2, 0.25) is 0 Å². The Morgan fingerprint density at radius 1 is 0.966 bits per heavy atom. The van der Waals surface area contributed by atoms with Crippen molar-refractivity contribution < 1.29 is 9.59 Å². The van der Waals surface area contributed by atoms with Crippen LogP contribution in [-0.2, 0) is 19.4 Å². The fraction of sp³-hybridized carbons (Fsp3) is 0.435. The van der Waals surface area contributed by atoms with Crippen LogP contribution in [0.25, 0.3) is 0 Å². The van der Waals surface area contributed by atoms with Crippen LogP contribution in [0.2, 0.25) is 0 Å². The summed E-state index contributed by atoms with van der Waals surface area (Å²) in [4.78, 5) is 38.0. The molecule has 6 heteroatoms. The zero-order chi connectivity index (χ0) is 20.6. The largest absolute Gasteiger partial charge is 0.312 e. The van der Waals surface area contributed by atoms with Gasteiger partial charge in [0.25, 0.3) is 17.4 Å². The van der Waals surface area contributed by atoms with Gasteiger partial charge in [-0.25, -0.2) is 0 Å². The van der Waals surface area contributed by atoms with Crippen LogP contribution in [-0.4, -0.2) is 16.4 Å². The van der Waals surface area contributed by atoms with Gasteiger partial charge in [-0.3, -0.25) is 25.2 Å². The molecule has 0 aliphatic heterocycles. The highest BCUT2D eigenvalue weighted by molar-refractivity contribution is 5.99. The molecule has 2 aromatic rings. The minimum Gasteiger partial charge on any atom is -0.312 e. The summed E-state index contributed by atoms with van der Waals surface area (Å²) in [5.74, 6) is -0.995. The molecular weight excluding hydrogens is 366 g/mol.